The van der Waals surface area contributed by atoms with Crippen molar-refractivity contribution >= 4 is 29.5 Å². The second-order valence-electron chi connectivity index (χ2n) is 5.58. The van der Waals surface area contributed by atoms with Gasteiger partial charge in [-0.3, -0.25) is 14.4 Å². The molecule has 3 N–H and O–H groups in total. The largest absolute Gasteiger partial charge is 0.466 e. The van der Waals surface area contributed by atoms with Crippen LogP contribution in [0.2, 0.25) is 0 Å². The van der Waals surface area contributed by atoms with Crippen LogP contribution in [0.3, 0.4) is 0 Å². The van der Waals surface area contributed by atoms with Gasteiger partial charge in [-0.1, -0.05) is 20.8 Å². The number of esters is 1. The van der Waals surface area contributed by atoms with Gasteiger partial charge in [0.05, 0.1) is 6.61 Å². The van der Waals surface area contributed by atoms with E-state index in [9.17, 15) is 14.4 Å². The maximum atomic E-state index is 11.8. The van der Waals surface area contributed by atoms with Gasteiger partial charge >= 0.3 is 5.97 Å². The molecule has 0 spiro atoms. The van der Waals surface area contributed by atoms with Crippen molar-refractivity contribution in [2.24, 2.45) is 5.73 Å². The van der Waals surface area contributed by atoms with Crippen LogP contribution in [0.25, 0.3) is 0 Å². The fourth-order valence-corrected chi connectivity index (χ4v) is 2.40. The summed E-state index contributed by atoms with van der Waals surface area (Å²) in [7, 11) is 0. The van der Waals surface area contributed by atoms with Crippen molar-refractivity contribution in [3.05, 3.63) is 0 Å². The first kappa shape index (κ1) is 19.8. The third-order valence-electron chi connectivity index (χ3n) is 2.49. The molecule has 0 rings (SSSR count). The third-order valence-corrected chi connectivity index (χ3v) is 3.76. The predicted octanol–water partition coefficient (Wildman–Crippen LogP) is 1.22. The topological polar surface area (TPSA) is 98.5 Å². The Bertz CT molecular complexity index is 366. The van der Waals surface area contributed by atoms with Gasteiger partial charge in [-0.2, -0.15) is 11.8 Å². The predicted molar refractivity (Wildman–Crippen MR) is 83.8 cm³/mol. The Morgan fingerprint density at radius 2 is 1.86 bits per heavy atom. The Hall–Kier alpha value is -1.24. The number of thioether (sulfide) groups is 1. The summed E-state index contributed by atoms with van der Waals surface area (Å²) < 4.78 is 4.86. The number of ether oxygens (including phenoxy) is 1. The van der Waals surface area contributed by atoms with E-state index in [1.807, 2.05) is 0 Å². The molecule has 122 valence electrons. The van der Waals surface area contributed by atoms with Crippen LogP contribution in [-0.2, 0) is 19.1 Å². The minimum atomic E-state index is -0.832. The molecular weight excluding hydrogens is 292 g/mol. The number of hydrogen-bond donors (Lipinski definition) is 2. The average Bonchev–Trinajstić information content (AvgIpc) is 2.32. The summed E-state index contributed by atoms with van der Waals surface area (Å²) in [6.07, 6.45) is 0.524. The Balaban J connectivity index is 4.16. The van der Waals surface area contributed by atoms with Crippen molar-refractivity contribution in [1.29, 1.82) is 0 Å². The minimum absolute atomic E-state index is 0.0540. The Kier molecular flexibility index (Phi) is 9.08. The summed E-state index contributed by atoms with van der Waals surface area (Å²) in [4.78, 5) is 34.3. The lowest BCUT2D eigenvalue weighted by atomic mass is 10.1. The molecule has 0 radical (unpaired) electrons. The van der Waals surface area contributed by atoms with Crippen LogP contribution in [0.15, 0.2) is 0 Å². The number of carbonyl (C=O) groups excluding carboxylic acids is 3. The second-order valence-corrected chi connectivity index (χ2v) is 7.50. The van der Waals surface area contributed by atoms with E-state index in [0.29, 0.717) is 12.2 Å². The van der Waals surface area contributed by atoms with Crippen molar-refractivity contribution in [3.63, 3.8) is 0 Å². The fraction of sp³-hybridized carbons (Fsp3) is 0.786. The molecule has 0 saturated heterocycles. The zero-order valence-corrected chi connectivity index (χ0v) is 14.0. The molecule has 6 nitrogen and oxygen atoms in total. The van der Waals surface area contributed by atoms with Gasteiger partial charge in [0, 0.05) is 23.3 Å². The smallest absolute Gasteiger partial charge is 0.305 e. The van der Waals surface area contributed by atoms with Crippen LogP contribution in [-0.4, -0.2) is 40.9 Å². The zero-order valence-electron chi connectivity index (χ0n) is 13.2. The number of rotatable bonds is 9. The van der Waals surface area contributed by atoms with Crippen molar-refractivity contribution in [3.8, 4) is 0 Å². The molecule has 0 aliphatic rings. The van der Waals surface area contributed by atoms with Crippen molar-refractivity contribution in [2.75, 3.05) is 12.4 Å². The molecule has 0 fully saturated rings. The van der Waals surface area contributed by atoms with Gasteiger partial charge < -0.3 is 15.8 Å². The van der Waals surface area contributed by atoms with E-state index >= 15 is 0 Å². The highest BCUT2D eigenvalue weighted by atomic mass is 32.2. The van der Waals surface area contributed by atoms with Crippen molar-refractivity contribution in [1.82, 2.24) is 5.32 Å². The summed E-state index contributed by atoms with van der Waals surface area (Å²) in [6, 6.07) is -0.832. The summed E-state index contributed by atoms with van der Waals surface area (Å²) in [6.45, 7) is 8.21. The molecule has 0 aromatic carbocycles. The molecule has 2 amide bonds. The molecule has 0 aromatic rings. The van der Waals surface area contributed by atoms with Gasteiger partial charge in [0.2, 0.25) is 11.8 Å². The van der Waals surface area contributed by atoms with Gasteiger partial charge in [0.15, 0.2) is 0 Å². The normalized spacial score (nSPS) is 12.6. The molecule has 7 heteroatoms. The summed E-state index contributed by atoms with van der Waals surface area (Å²) in [5.41, 5.74) is 5.23. The highest BCUT2D eigenvalue weighted by Gasteiger charge is 2.20. The van der Waals surface area contributed by atoms with E-state index in [4.69, 9.17) is 10.5 Å². The fourth-order valence-electron chi connectivity index (χ4n) is 1.50. The maximum absolute atomic E-state index is 11.8. The first-order valence-corrected chi connectivity index (χ1v) is 8.02. The van der Waals surface area contributed by atoms with Gasteiger partial charge in [0.25, 0.3) is 0 Å². The van der Waals surface area contributed by atoms with E-state index in [0.717, 1.165) is 0 Å². The monoisotopic (exact) mass is 318 g/mol. The third kappa shape index (κ3) is 11.1. The standard InChI is InChI=1S/C14H26N2O4S/c1-5-20-12(18)7-6-10(13(15)19)16-11(17)8-9-21-14(2,3)4/h10H,5-9H2,1-4H3,(H2,15,19)(H,16,17). The Morgan fingerprint density at radius 3 is 2.33 bits per heavy atom. The Labute approximate surface area is 130 Å². The number of nitrogens with one attached hydrogen (secondary N) is 1. The molecule has 0 bridgehead atoms. The number of carbonyl (C=O) groups is 3. The molecule has 0 saturated carbocycles. The maximum Gasteiger partial charge on any atom is 0.305 e. The lowest BCUT2D eigenvalue weighted by Gasteiger charge is -2.18. The van der Waals surface area contributed by atoms with Gasteiger partial charge in [-0.05, 0) is 13.3 Å². The van der Waals surface area contributed by atoms with E-state index < -0.39 is 17.9 Å². The van der Waals surface area contributed by atoms with Crippen LogP contribution >= 0.6 is 11.8 Å². The van der Waals surface area contributed by atoms with Crippen LogP contribution in [0.4, 0.5) is 0 Å². The van der Waals surface area contributed by atoms with Gasteiger partial charge in [-0.25, -0.2) is 0 Å². The SMILES string of the molecule is CCOC(=O)CCC(NC(=O)CCSC(C)(C)C)C(N)=O. The lowest BCUT2D eigenvalue weighted by molar-refractivity contribution is -0.143. The average molecular weight is 318 g/mol. The van der Waals surface area contributed by atoms with Crippen LogP contribution in [0.1, 0.15) is 47.0 Å². The van der Waals surface area contributed by atoms with E-state index in [1.165, 1.54) is 0 Å². The number of hydrogen-bond acceptors (Lipinski definition) is 5. The zero-order chi connectivity index (χ0) is 16.5. The highest BCUT2D eigenvalue weighted by molar-refractivity contribution is 8.00. The van der Waals surface area contributed by atoms with Gasteiger partial charge in [0.1, 0.15) is 6.04 Å². The molecule has 0 aliphatic carbocycles. The van der Waals surface area contributed by atoms with Crippen LogP contribution in [0, 0.1) is 0 Å². The second kappa shape index (κ2) is 9.65. The molecule has 1 unspecified atom stereocenters. The highest BCUT2D eigenvalue weighted by Crippen LogP contribution is 2.23. The van der Waals surface area contributed by atoms with E-state index in [2.05, 4.69) is 26.1 Å². The van der Waals surface area contributed by atoms with Crippen molar-refractivity contribution in [2.45, 2.75) is 57.7 Å². The Morgan fingerprint density at radius 1 is 1.24 bits per heavy atom. The van der Waals surface area contributed by atoms with E-state index in [-0.39, 0.29) is 30.1 Å². The molecule has 0 heterocycles. The van der Waals surface area contributed by atoms with Crippen LogP contribution in [0.5, 0.6) is 0 Å². The molecule has 1 atom stereocenters. The first-order chi connectivity index (χ1) is 9.65. The summed E-state index contributed by atoms with van der Waals surface area (Å²) in [5.74, 6) is -0.615. The minimum Gasteiger partial charge on any atom is -0.466 e. The summed E-state index contributed by atoms with van der Waals surface area (Å²) >= 11 is 1.67. The number of primary amides is 1. The summed E-state index contributed by atoms with van der Waals surface area (Å²) in [5, 5.41) is 2.57. The molecule has 21 heavy (non-hydrogen) atoms. The number of nitrogens with two attached hydrogens (primary N) is 1. The molecule has 0 aliphatic heterocycles. The quantitative estimate of drug-likeness (QED) is 0.623. The lowest BCUT2D eigenvalue weighted by Crippen LogP contribution is -2.44. The van der Waals surface area contributed by atoms with Gasteiger partial charge in [-0.15, -0.1) is 0 Å². The van der Waals surface area contributed by atoms with Crippen LogP contribution < -0.4 is 11.1 Å². The van der Waals surface area contributed by atoms with Crippen molar-refractivity contribution < 1.29 is 19.1 Å². The first-order valence-electron chi connectivity index (χ1n) is 7.04. The number of amides is 2. The van der Waals surface area contributed by atoms with E-state index in [1.54, 1.807) is 18.7 Å². The molecular formula is C14H26N2O4S. The molecule has 0 aromatic heterocycles.